The van der Waals surface area contributed by atoms with Crippen molar-refractivity contribution in [2.24, 2.45) is 0 Å². The molecule has 3 aromatic rings. The number of rotatable bonds is 4. The lowest BCUT2D eigenvalue weighted by Gasteiger charge is -2.05. The highest BCUT2D eigenvalue weighted by molar-refractivity contribution is 5.89. The Balaban J connectivity index is 2.08. The Bertz CT molecular complexity index is 848. The summed E-state index contributed by atoms with van der Waals surface area (Å²) in [5.41, 5.74) is 3.29. The van der Waals surface area contributed by atoms with Gasteiger partial charge in [0.1, 0.15) is 0 Å². The molecule has 0 spiro atoms. The number of fused-ring (bicyclic) bond motifs is 1. The van der Waals surface area contributed by atoms with E-state index < -0.39 is 0 Å². The first-order chi connectivity index (χ1) is 10.6. The van der Waals surface area contributed by atoms with Crippen LogP contribution in [0.2, 0.25) is 0 Å². The van der Waals surface area contributed by atoms with Crippen LogP contribution in [0.3, 0.4) is 0 Å². The molecule has 0 unspecified atom stereocenters. The van der Waals surface area contributed by atoms with E-state index in [1.54, 1.807) is 6.08 Å². The maximum absolute atomic E-state index is 10.9. The summed E-state index contributed by atoms with van der Waals surface area (Å²) in [6.07, 6.45) is 3.61. The molecule has 110 valence electrons. The molecule has 4 nitrogen and oxygen atoms in total. The van der Waals surface area contributed by atoms with Crippen LogP contribution in [0.4, 0.5) is 0 Å². The van der Waals surface area contributed by atoms with Crippen LogP contribution >= 0.6 is 0 Å². The highest BCUT2D eigenvalue weighted by Gasteiger charge is 2.10. The Morgan fingerprint density at radius 3 is 2.55 bits per heavy atom. The van der Waals surface area contributed by atoms with Crippen molar-refractivity contribution in [1.29, 1.82) is 0 Å². The van der Waals surface area contributed by atoms with Gasteiger partial charge in [0.25, 0.3) is 0 Å². The van der Waals surface area contributed by atoms with Crippen molar-refractivity contribution in [3.63, 3.8) is 0 Å². The topological polar surface area (TPSA) is 48.1 Å². The average molecular weight is 292 g/mol. The van der Waals surface area contributed by atoms with Crippen LogP contribution in [0.25, 0.3) is 17.0 Å². The van der Waals surface area contributed by atoms with E-state index in [2.05, 4.69) is 16.7 Å². The minimum atomic E-state index is -0.358. The summed E-state index contributed by atoms with van der Waals surface area (Å²) in [5, 5.41) is 11.9. The van der Waals surface area contributed by atoms with Crippen molar-refractivity contribution in [2.75, 3.05) is 0 Å². The van der Waals surface area contributed by atoms with Crippen LogP contribution in [0.15, 0.2) is 66.5 Å². The van der Waals surface area contributed by atoms with Crippen LogP contribution in [0.1, 0.15) is 18.1 Å². The SMILES string of the molecule is C/C(=C\c1cn(Cc2ccccc2)c2ccccc12)[N+](=O)[O-]. The number of aromatic nitrogens is 1. The van der Waals surface area contributed by atoms with Crippen molar-refractivity contribution < 1.29 is 4.92 Å². The smallest absolute Gasteiger partial charge is 0.243 e. The Morgan fingerprint density at radius 2 is 1.82 bits per heavy atom. The summed E-state index contributed by atoms with van der Waals surface area (Å²) in [6, 6.07) is 18.1. The van der Waals surface area contributed by atoms with Crippen LogP contribution in [0, 0.1) is 10.1 Å². The van der Waals surface area contributed by atoms with Gasteiger partial charge < -0.3 is 4.57 Å². The summed E-state index contributed by atoms with van der Waals surface area (Å²) >= 11 is 0. The number of benzene rings is 2. The predicted molar refractivity (Wildman–Crippen MR) is 88.1 cm³/mol. The van der Waals surface area contributed by atoms with Crippen LogP contribution in [-0.2, 0) is 6.54 Å². The van der Waals surface area contributed by atoms with Gasteiger partial charge in [-0.05, 0) is 11.6 Å². The number of nitro groups is 1. The van der Waals surface area contributed by atoms with E-state index in [0.29, 0.717) is 0 Å². The van der Waals surface area contributed by atoms with E-state index in [0.717, 1.165) is 23.0 Å². The molecule has 4 heteroatoms. The predicted octanol–water partition coefficient (Wildman–Crippen LogP) is 4.33. The van der Waals surface area contributed by atoms with Crippen molar-refractivity contribution in [1.82, 2.24) is 4.57 Å². The van der Waals surface area contributed by atoms with Gasteiger partial charge in [0.15, 0.2) is 0 Å². The van der Waals surface area contributed by atoms with Gasteiger partial charge in [0.2, 0.25) is 5.70 Å². The molecule has 0 amide bonds. The number of hydrogen-bond donors (Lipinski definition) is 0. The molecule has 2 aromatic carbocycles. The van der Waals surface area contributed by atoms with Gasteiger partial charge in [0.05, 0.1) is 4.92 Å². The number of nitrogens with zero attached hydrogens (tertiary/aromatic N) is 2. The minimum absolute atomic E-state index is 0.141. The molecule has 0 radical (unpaired) electrons. The fourth-order valence-electron chi connectivity index (χ4n) is 2.58. The van der Waals surface area contributed by atoms with E-state index in [4.69, 9.17) is 0 Å². The van der Waals surface area contributed by atoms with Crippen LogP contribution in [0.5, 0.6) is 0 Å². The molecule has 1 heterocycles. The molecule has 0 atom stereocenters. The normalized spacial score (nSPS) is 11.8. The molecular formula is C18H16N2O2. The summed E-state index contributed by atoms with van der Waals surface area (Å²) in [7, 11) is 0. The zero-order valence-electron chi connectivity index (χ0n) is 12.3. The highest BCUT2D eigenvalue weighted by atomic mass is 16.6. The largest absolute Gasteiger partial charge is 0.342 e. The lowest BCUT2D eigenvalue weighted by molar-refractivity contribution is -0.422. The van der Waals surface area contributed by atoms with Gasteiger partial charge in [-0.15, -0.1) is 0 Å². The third-order valence-electron chi connectivity index (χ3n) is 3.67. The van der Waals surface area contributed by atoms with Gasteiger partial charge in [0, 0.05) is 42.2 Å². The maximum Gasteiger partial charge on any atom is 0.243 e. The molecule has 0 aliphatic carbocycles. The van der Waals surface area contributed by atoms with Crippen LogP contribution < -0.4 is 0 Å². The Morgan fingerprint density at radius 1 is 1.14 bits per heavy atom. The Hall–Kier alpha value is -2.88. The lowest BCUT2D eigenvalue weighted by Crippen LogP contribution is -1.97. The van der Waals surface area contributed by atoms with E-state index >= 15 is 0 Å². The van der Waals surface area contributed by atoms with Gasteiger partial charge in [-0.3, -0.25) is 10.1 Å². The first kappa shape index (κ1) is 14.1. The fourth-order valence-corrected chi connectivity index (χ4v) is 2.58. The highest BCUT2D eigenvalue weighted by Crippen LogP contribution is 2.24. The van der Waals surface area contributed by atoms with Gasteiger partial charge in [-0.25, -0.2) is 0 Å². The van der Waals surface area contributed by atoms with E-state index in [1.165, 1.54) is 12.5 Å². The number of para-hydroxylation sites is 1. The number of allylic oxidation sites excluding steroid dienone is 1. The molecule has 0 fully saturated rings. The van der Waals surface area contributed by atoms with Gasteiger partial charge in [-0.1, -0.05) is 48.5 Å². The third kappa shape index (κ3) is 2.76. The monoisotopic (exact) mass is 292 g/mol. The molecule has 0 aliphatic rings. The molecule has 0 bridgehead atoms. The summed E-state index contributed by atoms with van der Waals surface area (Å²) in [5.74, 6) is 0. The molecule has 3 rings (SSSR count). The Kier molecular flexibility index (Phi) is 3.74. The fraction of sp³-hybridized carbons (Fsp3) is 0.111. The molecule has 22 heavy (non-hydrogen) atoms. The first-order valence-electron chi connectivity index (χ1n) is 7.09. The van der Waals surface area contributed by atoms with Crippen LogP contribution in [-0.4, -0.2) is 9.49 Å². The van der Waals surface area contributed by atoms with Crippen molar-refractivity contribution in [3.05, 3.63) is 87.7 Å². The second-order valence-electron chi connectivity index (χ2n) is 5.26. The zero-order chi connectivity index (χ0) is 15.5. The summed E-state index contributed by atoms with van der Waals surface area (Å²) < 4.78 is 2.13. The summed E-state index contributed by atoms with van der Waals surface area (Å²) in [6.45, 7) is 2.26. The molecule has 0 N–H and O–H groups in total. The Labute approximate surface area is 128 Å². The van der Waals surface area contributed by atoms with E-state index in [9.17, 15) is 10.1 Å². The molecule has 0 aliphatic heterocycles. The number of hydrogen-bond acceptors (Lipinski definition) is 2. The standard InChI is InChI=1S/C18H16N2O2/c1-14(20(21)22)11-16-13-19(12-15-7-3-2-4-8-15)18-10-6-5-9-17(16)18/h2-11,13H,12H2,1H3/b14-11+. The van der Waals surface area contributed by atoms with Crippen molar-refractivity contribution in [2.45, 2.75) is 13.5 Å². The van der Waals surface area contributed by atoms with Gasteiger partial charge >= 0.3 is 0 Å². The maximum atomic E-state index is 10.9. The van der Waals surface area contributed by atoms with Crippen molar-refractivity contribution in [3.8, 4) is 0 Å². The second kappa shape index (κ2) is 5.85. The average Bonchev–Trinajstić information content (AvgIpc) is 2.86. The molecule has 0 saturated carbocycles. The summed E-state index contributed by atoms with van der Waals surface area (Å²) in [4.78, 5) is 10.5. The lowest BCUT2D eigenvalue weighted by atomic mass is 10.1. The second-order valence-corrected chi connectivity index (χ2v) is 5.26. The molecule has 0 saturated heterocycles. The third-order valence-corrected chi connectivity index (χ3v) is 3.67. The van der Waals surface area contributed by atoms with E-state index in [-0.39, 0.29) is 10.6 Å². The zero-order valence-corrected chi connectivity index (χ0v) is 12.3. The van der Waals surface area contributed by atoms with Crippen molar-refractivity contribution >= 4 is 17.0 Å². The molecule has 1 aromatic heterocycles. The quantitative estimate of drug-likeness (QED) is 0.531. The molecular weight excluding hydrogens is 276 g/mol. The first-order valence-corrected chi connectivity index (χ1v) is 7.09. The van der Waals surface area contributed by atoms with E-state index in [1.807, 2.05) is 48.7 Å². The minimum Gasteiger partial charge on any atom is -0.342 e. The van der Waals surface area contributed by atoms with Gasteiger partial charge in [-0.2, -0.15) is 0 Å².